The van der Waals surface area contributed by atoms with E-state index in [1.807, 2.05) is 0 Å². The number of carboxylic acid groups (broad SMARTS) is 3. The molecule has 22 heteroatoms. The average Bonchev–Trinajstić information content (AvgIpc) is 2.29. The van der Waals surface area contributed by atoms with Gasteiger partial charge in [0.05, 0.1) is 0 Å². The molecule has 0 aromatic carbocycles. The van der Waals surface area contributed by atoms with Crippen LogP contribution in [0.15, 0.2) is 0 Å². The summed E-state index contributed by atoms with van der Waals surface area (Å²) in [6, 6.07) is 0. The molecule has 0 saturated heterocycles. The molecule has 0 fully saturated rings. The van der Waals surface area contributed by atoms with Gasteiger partial charge >= 0.3 is 44.6 Å². The molecule has 0 rings (SSSR count). The Kier molecular flexibility index (Phi) is 46.0. The molecule has 0 aromatic rings. The average molecular weight is 536 g/mol. The van der Waals surface area contributed by atoms with Gasteiger partial charge in [-0.3, -0.25) is 0 Å². The maximum absolute atomic E-state index is 10.6. The van der Waals surface area contributed by atoms with Crippen LogP contribution in [0.3, 0.4) is 0 Å². The normalized spacial score (nSPS) is 8.61. The summed E-state index contributed by atoms with van der Waals surface area (Å²) >= 11 is 0. The second kappa shape index (κ2) is 22.9. The van der Waals surface area contributed by atoms with Crippen molar-refractivity contribution >= 4 is 17.9 Å². The van der Waals surface area contributed by atoms with E-state index in [1.54, 1.807) is 0 Å². The van der Waals surface area contributed by atoms with E-state index in [0.29, 0.717) is 0 Å². The van der Waals surface area contributed by atoms with Crippen molar-refractivity contribution in [1.82, 2.24) is 30.2 Å². The van der Waals surface area contributed by atoms with Crippen molar-refractivity contribution in [3.8, 4) is 0 Å². The first-order valence-corrected chi connectivity index (χ1v) is 3.88. The van der Waals surface area contributed by atoms with E-state index >= 15 is 0 Å². The summed E-state index contributed by atoms with van der Waals surface area (Å²) in [6.07, 6.45) is -15.5. The summed E-state index contributed by atoms with van der Waals surface area (Å²) in [5.41, 5.74) is 5.75. The fraction of sp³-hybridized carbons (Fsp3) is 0.500. The number of carboxylic acids is 3. The second-order valence-electron chi connectivity index (χ2n) is 2.37. The van der Waals surface area contributed by atoms with E-state index < -0.39 is 36.4 Å². The Bertz CT molecular complexity index is 347. The maximum Gasteiger partial charge on any atom is 6.00 e. The summed E-state index contributed by atoms with van der Waals surface area (Å²) in [4.78, 5) is 33.7. The molecule has 12 nitrogen and oxygen atoms in total. The van der Waals surface area contributed by atoms with Crippen LogP contribution in [-0.4, -0.2) is 41.5 Å². The Morgan fingerprint density at radius 1 is 0.607 bits per heavy atom. The first kappa shape index (κ1) is 56.2. The van der Waals surface area contributed by atoms with Crippen molar-refractivity contribution in [2.45, 2.75) is 18.5 Å². The third kappa shape index (κ3) is 49.6. The van der Waals surface area contributed by atoms with E-state index in [9.17, 15) is 39.5 Å². The molecule has 0 amide bonds. The first-order valence-electron chi connectivity index (χ1n) is 3.88. The first-order chi connectivity index (χ1) is 9.83. The number of rotatable bonds is 0. The SMILES string of the molecule is N.N.N.N.O=C(O)C(F)(F)F.O=C([O-])C(F)(F)F.O=C([O-])C(F)(F)F.[N]=O.[Tc+6]. The third-order valence-electron chi connectivity index (χ3n) is 0.705. The monoisotopic (exact) mass is 535 g/mol. The van der Waals surface area contributed by atoms with Crippen LogP contribution < -0.4 is 40.4 Å². The molecule has 13 N–H and O–H groups in total. The zero-order valence-corrected chi connectivity index (χ0v) is 14.8. The number of carbonyl (C=O) groups is 3. The zero-order chi connectivity index (χ0) is 20.2. The molecule has 0 aliphatic heterocycles. The van der Waals surface area contributed by atoms with Crippen molar-refractivity contribution in [2.75, 3.05) is 0 Å². The number of alkyl halides is 9. The molecule has 170 valence electrons. The fourth-order valence-electron chi connectivity index (χ4n) is 0. The number of halogens is 9. The molecular formula is C6H13F9N5O7Tc+4. The summed E-state index contributed by atoms with van der Waals surface area (Å²) in [7, 11) is 0. The van der Waals surface area contributed by atoms with Gasteiger partial charge in [0.2, 0.25) is 0 Å². The number of carbonyl (C=O) groups excluding carboxylic acids is 2. The Hall–Kier alpha value is -2.13. The summed E-state index contributed by atoms with van der Waals surface area (Å²) in [6.45, 7) is 0. The van der Waals surface area contributed by atoms with E-state index in [1.165, 1.54) is 0 Å². The number of nitrogens with zero attached hydrogens (tertiary/aromatic N) is 1. The Morgan fingerprint density at radius 3 is 0.679 bits per heavy atom. The summed E-state index contributed by atoms with van der Waals surface area (Å²) < 4.78 is 94.8. The van der Waals surface area contributed by atoms with Gasteiger partial charge in [0.1, 0.15) is 17.5 Å². The van der Waals surface area contributed by atoms with Gasteiger partial charge in [0, 0.05) is 0 Å². The van der Waals surface area contributed by atoms with Crippen LogP contribution >= 0.6 is 0 Å². The molecule has 0 bridgehead atoms. The van der Waals surface area contributed by atoms with Gasteiger partial charge in [-0.2, -0.15) is 39.5 Å². The molecule has 0 aromatic heterocycles. The molecule has 0 spiro atoms. The van der Waals surface area contributed by atoms with Crippen LogP contribution in [0.25, 0.3) is 0 Å². The molecule has 28 heavy (non-hydrogen) atoms. The van der Waals surface area contributed by atoms with E-state index in [0.717, 1.165) is 0 Å². The van der Waals surface area contributed by atoms with E-state index in [2.05, 4.69) is 0 Å². The molecule has 2 radical (unpaired) electrons. The fourth-order valence-corrected chi connectivity index (χ4v) is 0. The Morgan fingerprint density at radius 2 is 0.679 bits per heavy atom. The second-order valence-corrected chi connectivity index (χ2v) is 2.37. The third-order valence-corrected chi connectivity index (χ3v) is 0.705. The van der Waals surface area contributed by atoms with Crippen LogP contribution in [0.4, 0.5) is 39.5 Å². The zero-order valence-electron chi connectivity index (χ0n) is 13.0. The minimum absolute atomic E-state index is 0. The number of aliphatic carboxylic acids is 3. The van der Waals surface area contributed by atoms with Gasteiger partial charge in [0.25, 0.3) is 0 Å². The van der Waals surface area contributed by atoms with Gasteiger partial charge in [-0.05, 0) is 0 Å². The van der Waals surface area contributed by atoms with Crippen LogP contribution in [-0.2, 0) is 34.5 Å². The number of nitroso groups, excluding NO2 is 1. The minimum Gasteiger partial charge on any atom is -0.542 e. The summed E-state index contributed by atoms with van der Waals surface area (Å²) in [5.74, 6) is -8.77. The van der Waals surface area contributed by atoms with Crippen LogP contribution in [0, 0.1) is 4.91 Å². The van der Waals surface area contributed by atoms with Gasteiger partial charge in [-0.1, -0.05) is 0 Å². The van der Waals surface area contributed by atoms with E-state index in [4.69, 9.17) is 40.2 Å². The Balaban J connectivity index is -0.0000000243. The van der Waals surface area contributed by atoms with E-state index in [-0.39, 0.29) is 44.7 Å². The number of hydrogen-bond donors (Lipinski definition) is 5. The van der Waals surface area contributed by atoms with Gasteiger partial charge < -0.3 is 49.5 Å². The van der Waals surface area contributed by atoms with Crippen molar-refractivity contribution in [1.29, 1.82) is 0 Å². The van der Waals surface area contributed by atoms with Crippen molar-refractivity contribution in [3.05, 3.63) is 4.91 Å². The molecule has 0 atom stereocenters. The van der Waals surface area contributed by atoms with Crippen LogP contribution in [0.1, 0.15) is 0 Å². The molecule has 0 unspecified atom stereocenters. The molecule has 0 saturated carbocycles. The predicted octanol–water partition coefficient (Wildman–Crippen LogP) is -0.571. The van der Waals surface area contributed by atoms with Gasteiger partial charge in [-0.15, -0.1) is 4.91 Å². The van der Waals surface area contributed by atoms with Crippen LogP contribution in [0.5, 0.6) is 0 Å². The molecule has 0 aliphatic rings. The maximum atomic E-state index is 10.6. The predicted molar refractivity (Wildman–Crippen MR) is 61.4 cm³/mol. The molecule has 0 heterocycles. The van der Waals surface area contributed by atoms with Crippen molar-refractivity contribution in [3.63, 3.8) is 0 Å². The minimum atomic E-state index is -5.19. The standard InChI is InChI=1S/3C2HF3O2.NO.4H3N.Tc/c3*3-2(4,5)1(6)7;1-2;;;;;/h3*(H,6,7);;4*1H3;/q;;;;;;;;+6/p-2. The summed E-state index contributed by atoms with van der Waals surface area (Å²) in [5, 5.41) is 24.7. The van der Waals surface area contributed by atoms with Crippen molar-refractivity contribution < 1.29 is 89.3 Å². The van der Waals surface area contributed by atoms with Crippen molar-refractivity contribution in [2.24, 2.45) is 0 Å². The largest absolute Gasteiger partial charge is 6.00 e. The molecular weight excluding hydrogens is 523 g/mol. The quantitative estimate of drug-likeness (QED) is 0.244. The van der Waals surface area contributed by atoms with Gasteiger partial charge in [-0.25, -0.2) is 4.79 Å². The number of hydrogen-bond acceptors (Lipinski definition) is 10. The topological polar surface area (TPSA) is 297 Å². The van der Waals surface area contributed by atoms with Gasteiger partial charge in [0.15, 0.2) is 0 Å². The molecule has 0 aliphatic carbocycles. The van der Waals surface area contributed by atoms with Crippen LogP contribution in [0.2, 0.25) is 0 Å². The smallest absolute Gasteiger partial charge is 0.542 e. The Labute approximate surface area is 161 Å².